The lowest BCUT2D eigenvalue weighted by atomic mass is 10.2. The number of carbonyl (C=O) groups is 1. The molecule has 2 aromatic rings. The summed E-state index contributed by atoms with van der Waals surface area (Å²) in [5.74, 6) is 0. The van der Waals surface area contributed by atoms with Crippen molar-refractivity contribution in [3.05, 3.63) is 54.1 Å². The molecule has 0 unspecified atom stereocenters. The van der Waals surface area contributed by atoms with E-state index in [9.17, 15) is 13.2 Å². The minimum Gasteiger partial charge on any atom is -0.379 e. The molecule has 2 saturated heterocycles. The molecule has 9 heteroatoms. The zero-order valence-corrected chi connectivity index (χ0v) is 19.1. The Morgan fingerprint density at radius 2 is 1.56 bits per heavy atom. The molecule has 2 heterocycles. The van der Waals surface area contributed by atoms with Crippen LogP contribution in [-0.4, -0.2) is 69.1 Å². The molecule has 0 bridgehead atoms. The maximum atomic E-state index is 13.3. The van der Waals surface area contributed by atoms with Crippen molar-refractivity contribution in [3.63, 3.8) is 0 Å². The molecule has 2 aromatic carbocycles. The topological polar surface area (TPSA) is 91.0 Å². The van der Waals surface area contributed by atoms with Crippen LogP contribution in [0.5, 0.6) is 0 Å². The lowest BCUT2D eigenvalue weighted by Crippen LogP contribution is -2.46. The molecule has 4 rings (SSSR count). The Balaban J connectivity index is 1.38. The summed E-state index contributed by atoms with van der Waals surface area (Å²) in [6.07, 6.45) is 1.74. The first-order valence-corrected chi connectivity index (χ1v) is 12.4. The normalized spacial score (nSPS) is 20.2. The number of nitrogens with zero attached hydrogens (tertiary/aromatic N) is 2. The highest BCUT2D eigenvalue weighted by atomic mass is 32.2. The summed E-state index contributed by atoms with van der Waals surface area (Å²) in [6, 6.07) is 13.4. The summed E-state index contributed by atoms with van der Waals surface area (Å²) in [7, 11) is -3.59. The molecule has 8 nitrogen and oxygen atoms in total. The van der Waals surface area contributed by atoms with E-state index in [-0.39, 0.29) is 17.0 Å². The van der Waals surface area contributed by atoms with Gasteiger partial charge in [0.25, 0.3) is 0 Å². The second-order valence-corrected chi connectivity index (χ2v) is 10.2. The van der Waals surface area contributed by atoms with Gasteiger partial charge in [0.15, 0.2) is 0 Å². The van der Waals surface area contributed by atoms with E-state index in [0.717, 1.165) is 38.0 Å². The average molecular weight is 459 g/mol. The van der Waals surface area contributed by atoms with Gasteiger partial charge >= 0.3 is 6.03 Å². The standard InChI is InChI=1S/C23H30N4O4S/c1-18-4-6-19(7-5-18)24-23(28)25-20-8-10-22(11-9-20)32(29,30)27-12-2-3-21(27)17-26-13-15-31-16-14-26/h4-11,21H,2-3,12-17H2,1H3,(H2,24,25,28)/t21-/m0/s1. The number of nitrogens with one attached hydrogen (secondary N) is 2. The maximum Gasteiger partial charge on any atom is 0.323 e. The van der Waals surface area contributed by atoms with E-state index in [4.69, 9.17) is 4.74 Å². The number of carbonyl (C=O) groups excluding carboxylic acids is 1. The van der Waals surface area contributed by atoms with Crippen LogP contribution in [0.1, 0.15) is 18.4 Å². The minimum absolute atomic E-state index is 0.0174. The Labute approximate surface area is 189 Å². The SMILES string of the molecule is Cc1ccc(NC(=O)Nc2ccc(S(=O)(=O)N3CCC[C@H]3CN3CCOCC3)cc2)cc1. The Morgan fingerprint density at radius 3 is 2.19 bits per heavy atom. The van der Waals surface area contributed by atoms with Crippen LogP contribution in [0.15, 0.2) is 53.4 Å². The Bertz CT molecular complexity index is 1020. The third-order valence-electron chi connectivity index (χ3n) is 5.92. The molecule has 2 fully saturated rings. The van der Waals surface area contributed by atoms with E-state index in [2.05, 4.69) is 15.5 Å². The average Bonchev–Trinajstić information content (AvgIpc) is 3.25. The number of hydrogen-bond acceptors (Lipinski definition) is 5. The van der Waals surface area contributed by atoms with Crippen molar-refractivity contribution in [3.8, 4) is 0 Å². The number of amides is 2. The summed E-state index contributed by atoms with van der Waals surface area (Å²) in [5, 5.41) is 5.50. The van der Waals surface area contributed by atoms with Crippen LogP contribution in [0.25, 0.3) is 0 Å². The van der Waals surface area contributed by atoms with Gasteiger partial charge in [-0.05, 0) is 56.2 Å². The smallest absolute Gasteiger partial charge is 0.323 e. The third kappa shape index (κ3) is 5.47. The number of ether oxygens (including phenoxy) is 1. The van der Waals surface area contributed by atoms with Crippen LogP contribution in [0.2, 0.25) is 0 Å². The number of benzene rings is 2. The molecule has 0 spiro atoms. The summed E-state index contributed by atoms with van der Waals surface area (Å²) in [6.45, 7) is 6.34. The highest BCUT2D eigenvalue weighted by Gasteiger charge is 2.36. The van der Waals surface area contributed by atoms with Gasteiger partial charge in [-0.1, -0.05) is 17.7 Å². The molecule has 2 aliphatic heterocycles. The Hall–Kier alpha value is -2.46. The molecule has 0 aromatic heterocycles. The van der Waals surface area contributed by atoms with Crippen LogP contribution in [-0.2, 0) is 14.8 Å². The van der Waals surface area contributed by atoms with Gasteiger partial charge in [-0.25, -0.2) is 13.2 Å². The molecule has 0 aliphatic carbocycles. The maximum absolute atomic E-state index is 13.3. The van der Waals surface area contributed by atoms with Crippen molar-refractivity contribution in [2.45, 2.75) is 30.7 Å². The van der Waals surface area contributed by atoms with Crippen molar-refractivity contribution >= 4 is 27.4 Å². The fraction of sp³-hybridized carbons (Fsp3) is 0.435. The molecule has 2 amide bonds. The fourth-order valence-corrected chi connectivity index (χ4v) is 5.85. The largest absolute Gasteiger partial charge is 0.379 e. The van der Waals surface area contributed by atoms with Crippen molar-refractivity contribution in [2.75, 3.05) is 50.0 Å². The molecular formula is C23H30N4O4S. The lowest BCUT2D eigenvalue weighted by molar-refractivity contribution is 0.0312. The van der Waals surface area contributed by atoms with Gasteiger partial charge in [-0.15, -0.1) is 0 Å². The third-order valence-corrected chi connectivity index (χ3v) is 7.89. The first-order valence-electron chi connectivity index (χ1n) is 11.0. The summed E-state index contributed by atoms with van der Waals surface area (Å²) >= 11 is 0. The van der Waals surface area contributed by atoms with E-state index < -0.39 is 10.0 Å². The second-order valence-electron chi connectivity index (χ2n) is 8.29. The van der Waals surface area contributed by atoms with Crippen molar-refractivity contribution in [1.82, 2.24) is 9.21 Å². The fourth-order valence-electron chi connectivity index (χ4n) is 4.17. The van der Waals surface area contributed by atoms with E-state index in [1.165, 1.54) is 0 Å². The molecule has 0 radical (unpaired) electrons. The number of aryl methyl sites for hydroxylation is 1. The van der Waals surface area contributed by atoms with Crippen LogP contribution in [0.3, 0.4) is 0 Å². The zero-order chi connectivity index (χ0) is 22.6. The van der Waals surface area contributed by atoms with Crippen molar-refractivity contribution < 1.29 is 17.9 Å². The van der Waals surface area contributed by atoms with Crippen LogP contribution < -0.4 is 10.6 Å². The molecule has 2 aliphatic rings. The highest BCUT2D eigenvalue weighted by molar-refractivity contribution is 7.89. The highest BCUT2D eigenvalue weighted by Crippen LogP contribution is 2.27. The van der Waals surface area contributed by atoms with Gasteiger partial charge in [-0.2, -0.15) is 4.31 Å². The lowest BCUT2D eigenvalue weighted by Gasteiger charge is -2.32. The van der Waals surface area contributed by atoms with Crippen LogP contribution in [0, 0.1) is 6.92 Å². The predicted molar refractivity (Wildman–Crippen MR) is 124 cm³/mol. The van der Waals surface area contributed by atoms with Crippen LogP contribution in [0.4, 0.5) is 16.2 Å². The van der Waals surface area contributed by atoms with E-state index >= 15 is 0 Å². The molecule has 32 heavy (non-hydrogen) atoms. The van der Waals surface area contributed by atoms with Crippen LogP contribution >= 0.6 is 0 Å². The predicted octanol–water partition coefficient (Wildman–Crippen LogP) is 3.12. The van der Waals surface area contributed by atoms with Gasteiger partial charge in [0.1, 0.15) is 0 Å². The number of sulfonamides is 1. The van der Waals surface area contributed by atoms with Gasteiger partial charge in [0.05, 0.1) is 18.1 Å². The Morgan fingerprint density at radius 1 is 0.969 bits per heavy atom. The molecule has 1 atom stereocenters. The summed E-state index contributed by atoms with van der Waals surface area (Å²) in [4.78, 5) is 14.8. The van der Waals surface area contributed by atoms with E-state index in [1.807, 2.05) is 31.2 Å². The van der Waals surface area contributed by atoms with Crippen molar-refractivity contribution in [1.29, 1.82) is 0 Å². The van der Waals surface area contributed by atoms with E-state index in [1.54, 1.807) is 28.6 Å². The first kappa shape index (κ1) is 22.7. The Kier molecular flexibility index (Phi) is 7.10. The van der Waals surface area contributed by atoms with Gasteiger partial charge in [0, 0.05) is 43.6 Å². The molecule has 172 valence electrons. The van der Waals surface area contributed by atoms with Gasteiger partial charge < -0.3 is 15.4 Å². The summed E-state index contributed by atoms with van der Waals surface area (Å²) < 4.78 is 33.6. The first-order chi connectivity index (χ1) is 15.4. The minimum atomic E-state index is -3.59. The quantitative estimate of drug-likeness (QED) is 0.694. The van der Waals surface area contributed by atoms with Gasteiger partial charge in [0.2, 0.25) is 10.0 Å². The molecular weight excluding hydrogens is 428 g/mol. The zero-order valence-electron chi connectivity index (χ0n) is 18.3. The van der Waals surface area contributed by atoms with Crippen molar-refractivity contribution in [2.24, 2.45) is 0 Å². The van der Waals surface area contributed by atoms with Gasteiger partial charge in [-0.3, -0.25) is 4.90 Å². The number of anilines is 2. The molecule has 0 saturated carbocycles. The van der Waals surface area contributed by atoms with E-state index in [0.29, 0.717) is 31.1 Å². The second kappa shape index (κ2) is 9.99. The number of morpholine rings is 1. The number of hydrogen-bond donors (Lipinski definition) is 2. The number of urea groups is 1. The summed E-state index contributed by atoms with van der Waals surface area (Å²) in [5.41, 5.74) is 2.32. The number of rotatable bonds is 6. The molecule has 2 N–H and O–H groups in total. The monoisotopic (exact) mass is 458 g/mol.